The highest BCUT2D eigenvalue weighted by Gasteiger charge is 2.49. The molecule has 1 amide bonds. The van der Waals surface area contributed by atoms with Gasteiger partial charge in [0.1, 0.15) is 5.60 Å². The highest BCUT2D eigenvalue weighted by molar-refractivity contribution is 5.84. The average Bonchev–Trinajstić information content (AvgIpc) is 2.12. The quantitative estimate of drug-likeness (QED) is 0.571. The van der Waals surface area contributed by atoms with E-state index in [0.717, 1.165) is 7.11 Å². The highest BCUT2D eigenvalue weighted by Crippen LogP contribution is 2.16. The van der Waals surface area contributed by atoms with E-state index in [-0.39, 0.29) is 0 Å². The molecule has 0 aliphatic heterocycles. The van der Waals surface area contributed by atoms with E-state index in [1.807, 2.05) is 0 Å². The number of carbonyl (C=O) groups is 2. The first kappa shape index (κ1) is 15.6. The van der Waals surface area contributed by atoms with Crippen LogP contribution in [0, 0.1) is 0 Å². The molecule has 0 radical (unpaired) electrons. The number of ether oxygens (including phenoxy) is 2. The number of nitrogens with one attached hydrogen (secondary N) is 1. The van der Waals surface area contributed by atoms with E-state index < -0.39 is 29.8 Å². The third-order valence-electron chi connectivity index (χ3n) is 1.50. The minimum absolute atomic E-state index is 0.798. The van der Waals surface area contributed by atoms with Crippen LogP contribution in [0.4, 0.5) is 13.6 Å². The van der Waals surface area contributed by atoms with Gasteiger partial charge in [-0.3, -0.25) is 5.32 Å². The summed E-state index contributed by atoms with van der Waals surface area (Å²) in [5.41, 5.74) is -4.37. The van der Waals surface area contributed by atoms with E-state index >= 15 is 0 Å². The zero-order valence-corrected chi connectivity index (χ0v) is 9.91. The number of halogens is 2. The lowest BCUT2D eigenvalue weighted by Crippen LogP contribution is -2.60. The van der Waals surface area contributed by atoms with Crippen LogP contribution in [0.25, 0.3) is 0 Å². The lowest BCUT2D eigenvalue weighted by molar-refractivity contribution is -0.185. The topological polar surface area (TPSA) is 84.9 Å². The van der Waals surface area contributed by atoms with Crippen molar-refractivity contribution in [1.29, 1.82) is 0 Å². The number of amides is 1. The third-order valence-corrected chi connectivity index (χ3v) is 1.50. The molecule has 0 saturated carbocycles. The number of carbonyl (C=O) groups excluding carboxylic acids is 2. The van der Waals surface area contributed by atoms with Gasteiger partial charge in [-0.25, -0.2) is 18.4 Å². The van der Waals surface area contributed by atoms with Gasteiger partial charge >= 0.3 is 17.8 Å². The van der Waals surface area contributed by atoms with Crippen molar-refractivity contribution in [3.05, 3.63) is 0 Å². The van der Waals surface area contributed by atoms with Crippen molar-refractivity contribution in [3.63, 3.8) is 0 Å². The van der Waals surface area contributed by atoms with E-state index in [9.17, 15) is 23.5 Å². The number of alkyl halides is 2. The standard InChI is InChI=1S/C9H15F2NO5/c1-8(2,3)17-7(14)12-9(15,5(10)11)6(13)16-4/h5,15H,1-4H3,(H,12,14). The smallest absolute Gasteiger partial charge is 0.410 e. The number of alkyl carbamates (subject to hydrolysis) is 1. The van der Waals surface area contributed by atoms with Crippen molar-refractivity contribution in [3.8, 4) is 0 Å². The molecule has 0 bridgehead atoms. The molecule has 0 aliphatic rings. The Morgan fingerprint density at radius 1 is 1.29 bits per heavy atom. The molecule has 0 aromatic heterocycles. The van der Waals surface area contributed by atoms with E-state index in [0.29, 0.717) is 0 Å². The Labute approximate surface area is 96.9 Å². The van der Waals surface area contributed by atoms with Crippen LogP contribution in [0.1, 0.15) is 20.8 Å². The molecule has 1 unspecified atom stereocenters. The molecule has 8 heteroatoms. The van der Waals surface area contributed by atoms with E-state index in [1.165, 1.54) is 26.1 Å². The maximum absolute atomic E-state index is 12.5. The normalized spacial score (nSPS) is 15.1. The van der Waals surface area contributed by atoms with Crippen LogP contribution >= 0.6 is 0 Å². The SMILES string of the molecule is COC(=O)C(O)(NC(=O)OC(C)(C)C)C(F)F. The van der Waals surface area contributed by atoms with Crippen LogP contribution in [-0.2, 0) is 14.3 Å². The van der Waals surface area contributed by atoms with Crippen molar-refractivity contribution in [2.45, 2.75) is 38.5 Å². The van der Waals surface area contributed by atoms with E-state index in [4.69, 9.17) is 0 Å². The van der Waals surface area contributed by atoms with Gasteiger partial charge in [0.25, 0.3) is 6.43 Å². The Morgan fingerprint density at radius 3 is 2.06 bits per heavy atom. The van der Waals surface area contributed by atoms with Gasteiger partial charge in [-0.05, 0) is 20.8 Å². The fourth-order valence-electron chi connectivity index (χ4n) is 0.809. The molecular formula is C9H15F2NO5. The predicted octanol–water partition coefficient (Wildman–Crippen LogP) is 0.638. The molecule has 6 nitrogen and oxygen atoms in total. The first-order valence-corrected chi connectivity index (χ1v) is 4.63. The summed E-state index contributed by atoms with van der Waals surface area (Å²) >= 11 is 0. The second kappa shape index (κ2) is 5.26. The molecule has 100 valence electrons. The average molecular weight is 255 g/mol. The summed E-state index contributed by atoms with van der Waals surface area (Å²) in [7, 11) is 0.798. The van der Waals surface area contributed by atoms with Gasteiger partial charge in [-0.15, -0.1) is 0 Å². The molecule has 17 heavy (non-hydrogen) atoms. The van der Waals surface area contributed by atoms with Crippen LogP contribution in [0.3, 0.4) is 0 Å². The summed E-state index contributed by atoms with van der Waals surface area (Å²) in [4.78, 5) is 22.1. The molecule has 0 saturated heterocycles. The van der Waals surface area contributed by atoms with Gasteiger partial charge in [-0.1, -0.05) is 0 Å². The molecule has 0 rings (SSSR count). The molecule has 1 atom stereocenters. The van der Waals surface area contributed by atoms with Crippen molar-refractivity contribution in [1.82, 2.24) is 5.32 Å². The molecule has 0 aromatic rings. The lowest BCUT2D eigenvalue weighted by atomic mass is 10.2. The molecule has 0 spiro atoms. The number of hydrogen-bond donors (Lipinski definition) is 2. The Morgan fingerprint density at radius 2 is 1.76 bits per heavy atom. The Kier molecular flexibility index (Phi) is 4.81. The number of rotatable bonds is 3. The first-order chi connectivity index (χ1) is 7.53. The van der Waals surface area contributed by atoms with Crippen LogP contribution in [0.2, 0.25) is 0 Å². The number of aliphatic hydroxyl groups is 1. The summed E-state index contributed by atoms with van der Waals surface area (Å²) in [6.07, 6.45) is -4.91. The summed E-state index contributed by atoms with van der Waals surface area (Å²) in [5.74, 6) is -1.68. The molecular weight excluding hydrogens is 240 g/mol. The monoisotopic (exact) mass is 255 g/mol. The minimum atomic E-state index is -3.55. The summed E-state index contributed by atoms with van der Waals surface area (Å²) in [6.45, 7) is 4.48. The maximum atomic E-state index is 12.5. The van der Waals surface area contributed by atoms with Gasteiger partial charge < -0.3 is 14.6 Å². The van der Waals surface area contributed by atoms with Gasteiger partial charge in [0, 0.05) is 0 Å². The Balaban J connectivity index is 4.79. The maximum Gasteiger partial charge on any atom is 0.410 e. The largest absolute Gasteiger partial charge is 0.465 e. The Hall–Kier alpha value is -1.44. The van der Waals surface area contributed by atoms with Crippen molar-refractivity contribution < 1.29 is 33.0 Å². The molecule has 0 heterocycles. The zero-order chi connectivity index (χ0) is 13.9. The van der Waals surface area contributed by atoms with E-state index in [2.05, 4.69) is 9.47 Å². The van der Waals surface area contributed by atoms with Crippen molar-refractivity contribution in [2.24, 2.45) is 0 Å². The van der Waals surface area contributed by atoms with Crippen LogP contribution in [0.5, 0.6) is 0 Å². The Bertz CT molecular complexity index is 302. The van der Waals surface area contributed by atoms with Gasteiger partial charge in [0.2, 0.25) is 0 Å². The van der Waals surface area contributed by atoms with Crippen molar-refractivity contribution >= 4 is 12.1 Å². The fraction of sp³-hybridized carbons (Fsp3) is 0.778. The van der Waals surface area contributed by atoms with Gasteiger partial charge in [-0.2, -0.15) is 0 Å². The molecule has 0 fully saturated rings. The van der Waals surface area contributed by atoms with Crippen LogP contribution in [-0.4, -0.2) is 42.0 Å². The van der Waals surface area contributed by atoms with Crippen LogP contribution < -0.4 is 5.32 Å². The second-order valence-corrected chi connectivity index (χ2v) is 4.19. The fourth-order valence-corrected chi connectivity index (χ4v) is 0.809. The predicted molar refractivity (Wildman–Crippen MR) is 52.3 cm³/mol. The minimum Gasteiger partial charge on any atom is -0.465 e. The third kappa shape index (κ3) is 4.51. The summed E-state index contributed by atoms with van der Waals surface area (Å²) in [6, 6.07) is 0. The number of esters is 1. The van der Waals surface area contributed by atoms with Gasteiger partial charge in [0.15, 0.2) is 0 Å². The summed E-state index contributed by atoms with van der Waals surface area (Å²) in [5, 5.41) is 10.7. The molecule has 0 aromatic carbocycles. The van der Waals surface area contributed by atoms with E-state index in [1.54, 1.807) is 0 Å². The summed E-state index contributed by atoms with van der Waals surface area (Å²) < 4.78 is 33.6. The van der Waals surface area contributed by atoms with Gasteiger partial charge in [0.05, 0.1) is 7.11 Å². The zero-order valence-electron chi connectivity index (χ0n) is 9.91. The number of hydrogen-bond acceptors (Lipinski definition) is 5. The first-order valence-electron chi connectivity index (χ1n) is 4.63. The molecule has 0 aliphatic carbocycles. The number of methoxy groups -OCH3 is 1. The highest BCUT2D eigenvalue weighted by atomic mass is 19.3. The van der Waals surface area contributed by atoms with Crippen LogP contribution in [0.15, 0.2) is 0 Å². The lowest BCUT2D eigenvalue weighted by Gasteiger charge is -2.27. The second-order valence-electron chi connectivity index (χ2n) is 4.19. The molecule has 2 N–H and O–H groups in total. The van der Waals surface area contributed by atoms with Crippen molar-refractivity contribution in [2.75, 3.05) is 7.11 Å².